The molecule has 5 nitrogen and oxygen atoms in total. The fourth-order valence-corrected chi connectivity index (χ4v) is 2.80. The Kier molecular flexibility index (Phi) is 4.85. The van der Waals surface area contributed by atoms with Gasteiger partial charge in [-0.25, -0.2) is 13.1 Å². The van der Waals surface area contributed by atoms with Crippen LogP contribution in [0.1, 0.15) is 15.9 Å². The van der Waals surface area contributed by atoms with Gasteiger partial charge in [0, 0.05) is 16.3 Å². The lowest BCUT2D eigenvalue weighted by molar-refractivity contribution is 0.102. The lowest BCUT2D eigenvalue weighted by atomic mass is 10.1. The average molecular weight is 339 g/mol. The Balaban J connectivity index is 2.24. The number of carbonyl (C=O) groups excluding carboxylic acids is 1. The predicted molar refractivity (Wildman–Crippen MR) is 86.8 cm³/mol. The van der Waals surface area contributed by atoms with E-state index in [-0.39, 0.29) is 10.8 Å². The van der Waals surface area contributed by atoms with Crippen molar-refractivity contribution in [2.24, 2.45) is 0 Å². The van der Waals surface area contributed by atoms with Crippen molar-refractivity contribution < 1.29 is 13.2 Å². The van der Waals surface area contributed by atoms with Crippen LogP contribution < -0.4 is 10.0 Å². The molecule has 0 aliphatic carbocycles. The molecule has 0 spiro atoms. The molecule has 7 heteroatoms. The number of sulfonamides is 1. The van der Waals surface area contributed by atoms with Crippen molar-refractivity contribution >= 4 is 33.2 Å². The predicted octanol–water partition coefficient (Wildman–Crippen LogP) is 2.81. The van der Waals surface area contributed by atoms with Gasteiger partial charge in [-0.1, -0.05) is 11.6 Å². The second kappa shape index (κ2) is 6.48. The minimum absolute atomic E-state index is 0.150. The molecule has 0 heterocycles. The lowest BCUT2D eigenvalue weighted by Crippen LogP contribution is -2.19. The highest BCUT2D eigenvalue weighted by molar-refractivity contribution is 7.89. The third kappa shape index (κ3) is 3.65. The van der Waals surface area contributed by atoms with E-state index in [1.165, 1.54) is 19.2 Å². The third-order valence-electron chi connectivity index (χ3n) is 3.13. The summed E-state index contributed by atoms with van der Waals surface area (Å²) >= 11 is 5.78. The zero-order valence-corrected chi connectivity index (χ0v) is 13.6. The van der Waals surface area contributed by atoms with E-state index in [2.05, 4.69) is 10.0 Å². The van der Waals surface area contributed by atoms with Gasteiger partial charge in [0.1, 0.15) is 0 Å². The highest BCUT2D eigenvalue weighted by Gasteiger charge is 2.14. The smallest absolute Gasteiger partial charge is 0.255 e. The van der Waals surface area contributed by atoms with Gasteiger partial charge in [-0.2, -0.15) is 0 Å². The van der Waals surface area contributed by atoms with Gasteiger partial charge in [-0.05, 0) is 62.0 Å². The van der Waals surface area contributed by atoms with Gasteiger partial charge in [0.15, 0.2) is 0 Å². The molecule has 2 aromatic rings. The maximum atomic E-state index is 12.1. The minimum Gasteiger partial charge on any atom is -0.322 e. The number of anilines is 1. The van der Waals surface area contributed by atoms with E-state index in [0.717, 1.165) is 0 Å². The van der Waals surface area contributed by atoms with Crippen LogP contribution in [0.2, 0.25) is 5.02 Å². The zero-order valence-electron chi connectivity index (χ0n) is 12.1. The fraction of sp³-hybridized carbons (Fsp3) is 0.133. The molecule has 0 saturated carbocycles. The van der Waals surface area contributed by atoms with Crippen molar-refractivity contribution in [3.63, 3.8) is 0 Å². The summed E-state index contributed by atoms with van der Waals surface area (Å²) in [5.41, 5.74) is 1.67. The van der Waals surface area contributed by atoms with Crippen LogP contribution in [0.15, 0.2) is 47.4 Å². The van der Waals surface area contributed by atoms with Crippen molar-refractivity contribution in [2.75, 3.05) is 12.4 Å². The Morgan fingerprint density at radius 3 is 2.27 bits per heavy atom. The first-order valence-corrected chi connectivity index (χ1v) is 8.31. The van der Waals surface area contributed by atoms with E-state index in [1.807, 2.05) is 0 Å². The highest BCUT2D eigenvalue weighted by Crippen LogP contribution is 2.20. The summed E-state index contributed by atoms with van der Waals surface area (Å²) in [7, 11) is -2.15. The molecule has 0 atom stereocenters. The SMILES string of the molecule is CNS(=O)(=O)c1ccc(NC(=O)c2ccc(Cl)cc2)c(C)c1. The van der Waals surface area contributed by atoms with Crippen molar-refractivity contribution in [3.05, 3.63) is 58.6 Å². The molecule has 1 amide bonds. The van der Waals surface area contributed by atoms with E-state index in [9.17, 15) is 13.2 Å². The minimum atomic E-state index is -3.50. The molecular weight excluding hydrogens is 324 g/mol. The summed E-state index contributed by atoms with van der Waals surface area (Å²) in [5, 5.41) is 3.30. The van der Waals surface area contributed by atoms with Crippen LogP contribution in [0.3, 0.4) is 0 Å². The maximum Gasteiger partial charge on any atom is 0.255 e. The third-order valence-corrected chi connectivity index (χ3v) is 4.80. The van der Waals surface area contributed by atoms with Crippen molar-refractivity contribution in [2.45, 2.75) is 11.8 Å². The zero-order chi connectivity index (χ0) is 16.3. The number of nitrogens with one attached hydrogen (secondary N) is 2. The standard InChI is InChI=1S/C15H15ClN2O3S/c1-10-9-13(22(20,21)17-2)7-8-14(10)18-15(19)11-3-5-12(16)6-4-11/h3-9,17H,1-2H3,(H,18,19). The number of halogens is 1. The molecule has 2 N–H and O–H groups in total. The first-order chi connectivity index (χ1) is 10.3. The van der Waals surface area contributed by atoms with Crippen molar-refractivity contribution in [3.8, 4) is 0 Å². The van der Waals surface area contributed by atoms with E-state index >= 15 is 0 Å². The summed E-state index contributed by atoms with van der Waals surface area (Å²) in [6, 6.07) is 11.0. The Morgan fingerprint density at radius 1 is 1.09 bits per heavy atom. The summed E-state index contributed by atoms with van der Waals surface area (Å²) in [5.74, 6) is -0.288. The molecule has 0 radical (unpaired) electrons. The summed E-state index contributed by atoms with van der Waals surface area (Å²) in [6.45, 7) is 1.73. The van der Waals surface area contributed by atoms with Crippen molar-refractivity contribution in [1.29, 1.82) is 0 Å². The number of benzene rings is 2. The molecule has 2 aromatic carbocycles. The van der Waals surface area contributed by atoms with Gasteiger partial charge >= 0.3 is 0 Å². The van der Waals surface area contributed by atoms with Gasteiger partial charge < -0.3 is 5.32 Å². The molecule has 0 saturated heterocycles. The average Bonchev–Trinajstić information content (AvgIpc) is 2.49. The second-order valence-corrected chi connectivity index (χ2v) is 6.97. The number of rotatable bonds is 4. The van der Waals surface area contributed by atoms with Crippen LogP contribution >= 0.6 is 11.6 Å². The summed E-state index contributed by atoms with van der Waals surface area (Å²) < 4.78 is 25.7. The van der Waals surface area contributed by atoms with Crippen LogP contribution in [-0.4, -0.2) is 21.4 Å². The van der Waals surface area contributed by atoms with Gasteiger partial charge in [-0.15, -0.1) is 0 Å². The molecule has 0 fully saturated rings. The van der Waals surface area contributed by atoms with Crippen LogP contribution in [0.25, 0.3) is 0 Å². The monoisotopic (exact) mass is 338 g/mol. The van der Waals surface area contributed by atoms with Crippen molar-refractivity contribution in [1.82, 2.24) is 4.72 Å². The number of hydrogen-bond donors (Lipinski definition) is 2. The van der Waals surface area contributed by atoms with E-state index in [4.69, 9.17) is 11.6 Å². The van der Waals surface area contributed by atoms with Crippen LogP contribution in [0, 0.1) is 6.92 Å². The van der Waals surface area contributed by atoms with Gasteiger partial charge in [0.2, 0.25) is 10.0 Å². The molecule has 116 valence electrons. The summed E-state index contributed by atoms with van der Waals surface area (Å²) in [4.78, 5) is 12.3. The first kappa shape index (κ1) is 16.5. The molecule has 0 bridgehead atoms. The number of aryl methyl sites for hydroxylation is 1. The Morgan fingerprint density at radius 2 is 1.73 bits per heavy atom. The summed E-state index contributed by atoms with van der Waals surface area (Å²) in [6.07, 6.45) is 0. The number of amides is 1. The normalized spacial score (nSPS) is 11.2. The molecule has 0 aromatic heterocycles. The Labute approximate surface area is 134 Å². The van der Waals surface area contributed by atoms with Crippen LogP contribution in [-0.2, 0) is 10.0 Å². The lowest BCUT2D eigenvalue weighted by Gasteiger charge is -2.10. The largest absolute Gasteiger partial charge is 0.322 e. The topological polar surface area (TPSA) is 75.3 Å². The Bertz CT molecular complexity index is 802. The van der Waals surface area contributed by atoms with Gasteiger partial charge in [-0.3, -0.25) is 4.79 Å². The highest BCUT2D eigenvalue weighted by atomic mass is 35.5. The van der Waals surface area contributed by atoms with Gasteiger partial charge in [0.05, 0.1) is 4.90 Å². The van der Waals surface area contributed by atoms with Gasteiger partial charge in [0.25, 0.3) is 5.91 Å². The molecule has 0 aliphatic heterocycles. The number of carbonyl (C=O) groups is 1. The molecule has 0 unspecified atom stereocenters. The molecule has 22 heavy (non-hydrogen) atoms. The van der Waals surface area contributed by atoms with Crippen LogP contribution in [0.4, 0.5) is 5.69 Å². The van der Waals surface area contributed by atoms with E-state index < -0.39 is 10.0 Å². The maximum absolute atomic E-state index is 12.1. The molecule has 0 aliphatic rings. The quantitative estimate of drug-likeness (QED) is 0.900. The molecule has 2 rings (SSSR count). The van der Waals surface area contributed by atoms with E-state index in [1.54, 1.807) is 37.3 Å². The first-order valence-electron chi connectivity index (χ1n) is 6.44. The second-order valence-electron chi connectivity index (χ2n) is 4.65. The van der Waals surface area contributed by atoms with Crippen LogP contribution in [0.5, 0.6) is 0 Å². The van der Waals surface area contributed by atoms with E-state index in [0.29, 0.717) is 21.8 Å². The molecular formula is C15H15ClN2O3S. The Hall–Kier alpha value is -1.89. The fourth-order valence-electron chi connectivity index (χ4n) is 1.86. The number of hydrogen-bond acceptors (Lipinski definition) is 3.